The summed E-state index contributed by atoms with van der Waals surface area (Å²) in [5.74, 6) is -0.0841. The molecule has 0 saturated carbocycles. The highest BCUT2D eigenvalue weighted by atomic mass is 19.1. The Morgan fingerprint density at radius 1 is 1.40 bits per heavy atom. The smallest absolute Gasteiger partial charge is 0.236 e. The Hall–Kier alpha value is -1.95. The van der Waals surface area contributed by atoms with Crippen LogP contribution in [0, 0.1) is 5.82 Å². The molecular weight excluding hydrogens is 321 g/mol. The number of hydrogen-bond acceptors (Lipinski definition) is 3. The molecule has 2 aliphatic heterocycles. The maximum absolute atomic E-state index is 13.4. The standard InChI is InChI=1S/C19H26FN3O2/c1-14(15-4-2-5-16(20)11-15)10-18(24)22-8-3-6-17(13-22)23-9-7-21-12-19(23)25/h2,4-5,11,14,17,21H,3,6-10,12-13H2,1H3/t14-,17+/m1/s1. The van der Waals surface area contributed by atoms with Gasteiger partial charge in [0.1, 0.15) is 5.82 Å². The van der Waals surface area contributed by atoms with E-state index in [4.69, 9.17) is 0 Å². The lowest BCUT2D eigenvalue weighted by atomic mass is 9.96. The lowest BCUT2D eigenvalue weighted by Crippen LogP contribution is -2.57. The van der Waals surface area contributed by atoms with E-state index in [9.17, 15) is 14.0 Å². The van der Waals surface area contributed by atoms with Crippen molar-refractivity contribution in [3.8, 4) is 0 Å². The summed E-state index contributed by atoms with van der Waals surface area (Å²) in [5.41, 5.74) is 0.846. The van der Waals surface area contributed by atoms with Crippen molar-refractivity contribution in [2.45, 2.75) is 38.1 Å². The number of amides is 2. The fourth-order valence-corrected chi connectivity index (χ4v) is 3.76. The molecule has 2 fully saturated rings. The lowest BCUT2D eigenvalue weighted by molar-refractivity contribution is -0.140. The van der Waals surface area contributed by atoms with Crippen LogP contribution in [-0.2, 0) is 9.59 Å². The van der Waals surface area contributed by atoms with Crippen LogP contribution in [0.4, 0.5) is 4.39 Å². The molecule has 2 aliphatic rings. The van der Waals surface area contributed by atoms with E-state index in [-0.39, 0.29) is 29.6 Å². The molecule has 1 N–H and O–H groups in total. The van der Waals surface area contributed by atoms with Crippen LogP contribution in [0.25, 0.3) is 0 Å². The molecule has 2 amide bonds. The summed E-state index contributed by atoms with van der Waals surface area (Å²) in [6.07, 6.45) is 2.24. The average molecular weight is 347 g/mol. The molecule has 1 aromatic carbocycles. The zero-order valence-corrected chi connectivity index (χ0v) is 14.7. The molecule has 2 heterocycles. The Bertz CT molecular complexity index is 637. The molecule has 0 bridgehead atoms. The average Bonchev–Trinajstić information content (AvgIpc) is 2.62. The van der Waals surface area contributed by atoms with E-state index in [1.807, 2.05) is 22.8 Å². The van der Waals surface area contributed by atoms with E-state index in [1.54, 1.807) is 6.07 Å². The van der Waals surface area contributed by atoms with Gasteiger partial charge < -0.3 is 15.1 Å². The summed E-state index contributed by atoms with van der Waals surface area (Å²) in [5, 5.41) is 3.08. The van der Waals surface area contributed by atoms with Gasteiger partial charge in [-0.2, -0.15) is 0 Å². The van der Waals surface area contributed by atoms with E-state index in [1.165, 1.54) is 12.1 Å². The number of rotatable bonds is 4. The molecule has 0 spiro atoms. The maximum Gasteiger partial charge on any atom is 0.236 e. The van der Waals surface area contributed by atoms with Crippen LogP contribution in [0.3, 0.4) is 0 Å². The third-order valence-corrected chi connectivity index (χ3v) is 5.21. The van der Waals surface area contributed by atoms with E-state index >= 15 is 0 Å². The van der Waals surface area contributed by atoms with Gasteiger partial charge in [-0.1, -0.05) is 19.1 Å². The van der Waals surface area contributed by atoms with Crippen molar-refractivity contribution in [3.05, 3.63) is 35.6 Å². The van der Waals surface area contributed by atoms with Gasteiger partial charge in [0.05, 0.1) is 6.54 Å². The first-order valence-corrected chi connectivity index (χ1v) is 9.08. The zero-order valence-electron chi connectivity index (χ0n) is 14.7. The van der Waals surface area contributed by atoms with Crippen LogP contribution in [0.15, 0.2) is 24.3 Å². The SMILES string of the molecule is C[C@H](CC(=O)N1CCC[C@H](N2CCNCC2=O)C1)c1cccc(F)c1. The van der Waals surface area contributed by atoms with Crippen molar-refractivity contribution in [3.63, 3.8) is 0 Å². The minimum absolute atomic E-state index is 0.0237. The van der Waals surface area contributed by atoms with Crippen LogP contribution >= 0.6 is 0 Å². The number of carbonyl (C=O) groups is 2. The number of carbonyl (C=O) groups excluding carboxylic acids is 2. The summed E-state index contributed by atoms with van der Waals surface area (Å²) in [4.78, 5) is 28.6. The molecule has 25 heavy (non-hydrogen) atoms. The largest absolute Gasteiger partial charge is 0.341 e. The minimum atomic E-state index is -0.271. The molecule has 0 aromatic heterocycles. The van der Waals surface area contributed by atoms with Crippen LogP contribution in [0.2, 0.25) is 0 Å². The zero-order chi connectivity index (χ0) is 17.8. The van der Waals surface area contributed by atoms with E-state index in [0.717, 1.165) is 31.5 Å². The van der Waals surface area contributed by atoms with Gasteiger partial charge in [0.2, 0.25) is 11.8 Å². The van der Waals surface area contributed by atoms with Gasteiger partial charge in [-0.3, -0.25) is 9.59 Å². The highest BCUT2D eigenvalue weighted by Gasteiger charge is 2.31. The fraction of sp³-hybridized carbons (Fsp3) is 0.579. The highest BCUT2D eigenvalue weighted by molar-refractivity contribution is 5.80. The number of nitrogens with one attached hydrogen (secondary N) is 1. The number of piperidine rings is 1. The predicted molar refractivity (Wildman–Crippen MR) is 93.6 cm³/mol. The second-order valence-corrected chi connectivity index (χ2v) is 7.06. The molecule has 3 rings (SSSR count). The quantitative estimate of drug-likeness (QED) is 0.903. The Morgan fingerprint density at radius 2 is 2.24 bits per heavy atom. The topological polar surface area (TPSA) is 52.7 Å². The summed E-state index contributed by atoms with van der Waals surface area (Å²) in [6.45, 7) is 5.22. The maximum atomic E-state index is 13.4. The van der Waals surface area contributed by atoms with E-state index < -0.39 is 0 Å². The third kappa shape index (κ3) is 4.37. The number of halogens is 1. The first-order chi connectivity index (χ1) is 12.0. The van der Waals surface area contributed by atoms with Crippen molar-refractivity contribution in [2.24, 2.45) is 0 Å². The second kappa shape index (κ2) is 7.95. The molecule has 0 radical (unpaired) electrons. The van der Waals surface area contributed by atoms with Crippen LogP contribution in [0.5, 0.6) is 0 Å². The number of piperazine rings is 1. The van der Waals surface area contributed by atoms with Gasteiger partial charge in [0, 0.05) is 38.6 Å². The number of nitrogens with zero attached hydrogens (tertiary/aromatic N) is 2. The van der Waals surface area contributed by atoms with Gasteiger partial charge in [0.25, 0.3) is 0 Å². The van der Waals surface area contributed by atoms with Crippen molar-refractivity contribution in [2.75, 3.05) is 32.7 Å². The van der Waals surface area contributed by atoms with Gasteiger partial charge in [0.15, 0.2) is 0 Å². The Kier molecular flexibility index (Phi) is 5.68. The van der Waals surface area contributed by atoms with Crippen molar-refractivity contribution < 1.29 is 14.0 Å². The fourth-order valence-electron chi connectivity index (χ4n) is 3.76. The molecule has 2 saturated heterocycles. The molecule has 0 unspecified atom stereocenters. The Labute approximate surface area is 148 Å². The highest BCUT2D eigenvalue weighted by Crippen LogP contribution is 2.23. The molecular formula is C19H26FN3O2. The van der Waals surface area contributed by atoms with E-state index in [2.05, 4.69) is 5.32 Å². The van der Waals surface area contributed by atoms with Crippen LogP contribution < -0.4 is 5.32 Å². The number of hydrogen-bond donors (Lipinski definition) is 1. The Balaban J connectivity index is 1.59. The van der Waals surface area contributed by atoms with Crippen LogP contribution in [0.1, 0.15) is 37.7 Å². The Morgan fingerprint density at radius 3 is 3.00 bits per heavy atom. The first-order valence-electron chi connectivity index (χ1n) is 9.08. The molecule has 6 heteroatoms. The second-order valence-electron chi connectivity index (χ2n) is 7.06. The molecule has 5 nitrogen and oxygen atoms in total. The van der Waals surface area contributed by atoms with Gasteiger partial charge in [-0.05, 0) is 36.5 Å². The predicted octanol–water partition coefficient (Wildman–Crippen LogP) is 1.74. The lowest BCUT2D eigenvalue weighted by Gasteiger charge is -2.41. The molecule has 2 atom stereocenters. The first kappa shape index (κ1) is 17.9. The number of benzene rings is 1. The third-order valence-electron chi connectivity index (χ3n) is 5.21. The monoisotopic (exact) mass is 347 g/mol. The van der Waals surface area contributed by atoms with Crippen molar-refractivity contribution in [1.82, 2.24) is 15.1 Å². The molecule has 136 valence electrons. The van der Waals surface area contributed by atoms with Gasteiger partial charge in [-0.15, -0.1) is 0 Å². The van der Waals surface area contributed by atoms with Crippen molar-refractivity contribution in [1.29, 1.82) is 0 Å². The van der Waals surface area contributed by atoms with Gasteiger partial charge in [-0.25, -0.2) is 4.39 Å². The normalized spacial score (nSPS) is 22.8. The molecule has 0 aliphatic carbocycles. The minimum Gasteiger partial charge on any atom is -0.341 e. The van der Waals surface area contributed by atoms with Crippen LogP contribution in [-0.4, -0.2) is 60.4 Å². The summed E-state index contributed by atoms with van der Waals surface area (Å²) < 4.78 is 13.4. The summed E-state index contributed by atoms with van der Waals surface area (Å²) in [7, 11) is 0. The molecule has 1 aromatic rings. The summed E-state index contributed by atoms with van der Waals surface area (Å²) in [6, 6.07) is 6.57. The van der Waals surface area contributed by atoms with E-state index in [0.29, 0.717) is 26.1 Å². The van der Waals surface area contributed by atoms with Gasteiger partial charge >= 0.3 is 0 Å². The number of likely N-dealkylation sites (tertiary alicyclic amines) is 1. The van der Waals surface area contributed by atoms with Crippen molar-refractivity contribution >= 4 is 11.8 Å². The summed E-state index contributed by atoms with van der Waals surface area (Å²) >= 11 is 0.